The second-order valence-electron chi connectivity index (χ2n) is 6.91. The van der Waals surface area contributed by atoms with Crippen molar-refractivity contribution < 1.29 is 31.8 Å². The van der Waals surface area contributed by atoms with Crippen molar-refractivity contribution >= 4 is 33.4 Å². The maximum absolute atomic E-state index is 13.1. The van der Waals surface area contributed by atoms with E-state index in [1.54, 1.807) is 30.3 Å². The average molecular weight is 470 g/mol. The summed E-state index contributed by atoms with van der Waals surface area (Å²) in [5.41, 5.74) is 1.20. The molecule has 3 aromatic carbocycles. The summed E-state index contributed by atoms with van der Waals surface area (Å²) in [6.07, 6.45) is 2.95. The van der Waals surface area contributed by atoms with E-state index in [-0.39, 0.29) is 23.1 Å². The first-order chi connectivity index (χ1) is 15.8. The van der Waals surface area contributed by atoms with Gasteiger partial charge in [0.05, 0.1) is 17.7 Å². The number of rotatable bonds is 7. The van der Waals surface area contributed by atoms with Crippen molar-refractivity contribution in [2.24, 2.45) is 0 Å². The number of amides is 1. The largest absolute Gasteiger partial charge is 0.495 e. The van der Waals surface area contributed by atoms with Gasteiger partial charge in [-0.2, -0.15) is 0 Å². The standard InChI is InChI=1S/C23H19FN2O6S/c1-30-20-10-6-17(13-19(20)26-33(28,29)18-7-4-16(24)5-8-18)25-23(27)11-3-15-2-9-21-22(12-15)32-14-31-21/h2-13,26H,14H2,1H3,(H,25,27)/b11-3+. The van der Waals surface area contributed by atoms with Crippen molar-refractivity contribution in [3.05, 3.63) is 78.1 Å². The molecule has 0 radical (unpaired) electrons. The first kappa shape index (κ1) is 22.2. The molecule has 0 aliphatic carbocycles. The Kier molecular flexibility index (Phi) is 6.18. The average Bonchev–Trinajstić information content (AvgIpc) is 3.26. The highest BCUT2D eigenvalue weighted by Crippen LogP contribution is 2.33. The Labute approximate surface area is 189 Å². The lowest BCUT2D eigenvalue weighted by Crippen LogP contribution is -2.14. The molecule has 0 saturated carbocycles. The van der Waals surface area contributed by atoms with Crippen molar-refractivity contribution in [3.63, 3.8) is 0 Å². The van der Waals surface area contributed by atoms with Crippen LogP contribution in [0, 0.1) is 5.82 Å². The van der Waals surface area contributed by atoms with Gasteiger partial charge >= 0.3 is 0 Å². The van der Waals surface area contributed by atoms with E-state index in [0.29, 0.717) is 17.2 Å². The van der Waals surface area contributed by atoms with Crippen LogP contribution in [0.1, 0.15) is 5.56 Å². The lowest BCUT2D eigenvalue weighted by molar-refractivity contribution is -0.111. The number of carbonyl (C=O) groups is 1. The minimum absolute atomic E-state index is 0.111. The van der Waals surface area contributed by atoms with Crippen molar-refractivity contribution in [2.75, 3.05) is 23.9 Å². The van der Waals surface area contributed by atoms with Crippen LogP contribution < -0.4 is 24.2 Å². The fourth-order valence-corrected chi connectivity index (χ4v) is 4.12. The number of methoxy groups -OCH3 is 1. The van der Waals surface area contributed by atoms with E-state index in [1.807, 2.05) is 0 Å². The van der Waals surface area contributed by atoms with E-state index in [0.717, 1.165) is 29.8 Å². The van der Waals surface area contributed by atoms with E-state index < -0.39 is 21.7 Å². The fourth-order valence-electron chi connectivity index (χ4n) is 3.06. The van der Waals surface area contributed by atoms with Crippen LogP contribution in [-0.4, -0.2) is 28.2 Å². The van der Waals surface area contributed by atoms with Gasteiger partial charge in [-0.3, -0.25) is 9.52 Å². The molecular formula is C23H19FN2O6S. The number of anilines is 2. The molecule has 3 aromatic rings. The Bertz CT molecular complexity index is 1320. The van der Waals surface area contributed by atoms with Crippen molar-refractivity contribution in [1.82, 2.24) is 0 Å². The summed E-state index contributed by atoms with van der Waals surface area (Å²) in [6, 6.07) is 14.2. The summed E-state index contributed by atoms with van der Waals surface area (Å²) < 4.78 is 56.6. The predicted octanol–water partition coefficient (Wildman–Crippen LogP) is 4.02. The summed E-state index contributed by atoms with van der Waals surface area (Å²) in [7, 11) is -2.62. The third kappa shape index (κ3) is 5.24. The normalized spacial score (nSPS) is 12.5. The van der Waals surface area contributed by atoms with E-state index in [2.05, 4.69) is 10.0 Å². The molecule has 1 amide bonds. The van der Waals surface area contributed by atoms with Gasteiger partial charge in [-0.05, 0) is 66.2 Å². The van der Waals surface area contributed by atoms with Crippen molar-refractivity contribution in [3.8, 4) is 17.2 Å². The Balaban J connectivity index is 1.49. The highest BCUT2D eigenvalue weighted by molar-refractivity contribution is 7.92. The number of nitrogens with one attached hydrogen (secondary N) is 2. The van der Waals surface area contributed by atoms with Gasteiger partial charge in [0, 0.05) is 11.8 Å². The smallest absolute Gasteiger partial charge is 0.262 e. The monoisotopic (exact) mass is 470 g/mol. The number of ether oxygens (including phenoxy) is 3. The molecule has 1 aliphatic rings. The van der Waals surface area contributed by atoms with Gasteiger partial charge in [0.15, 0.2) is 11.5 Å². The van der Waals surface area contributed by atoms with E-state index in [9.17, 15) is 17.6 Å². The summed E-state index contributed by atoms with van der Waals surface area (Å²) in [6.45, 7) is 0.160. The molecular weight excluding hydrogens is 451 g/mol. The fraction of sp³-hybridized carbons (Fsp3) is 0.0870. The van der Waals surface area contributed by atoms with Crippen LogP contribution in [-0.2, 0) is 14.8 Å². The second-order valence-corrected chi connectivity index (χ2v) is 8.59. The van der Waals surface area contributed by atoms with E-state index in [4.69, 9.17) is 14.2 Å². The number of hydrogen-bond donors (Lipinski definition) is 2. The molecule has 4 rings (SSSR count). The minimum atomic E-state index is -4.00. The van der Waals surface area contributed by atoms with Crippen LogP contribution in [0.4, 0.5) is 15.8 Å². The SMILES string of the molecule is COc1ccc(NC(=O)/C=C/c2ccc3c(c2)OCO3)cc1NS(=O)(=O)c1ccc(F)cc1. The Hall–Kier alpha value is -4.05. The van der Waals surface area contributed by atoms with Crippen LogP contribution in [0.2, 0.25) is 0 Å². The van der Waals surface area contributed by atoms with Gasteiger partial charge in [0.1, 0.15) is 11.6 Å². The number of sulfonamides is 1. The molecule has 0 unspecified atom stereocenters. The van der Waals surface area contributed by atoms with Crippen LogP contribution >= 0.6 is 0 Å². The van der Waals surface area contributed by atoms with Crippen LogP contribution in [0.3, 0.4) is 0 Å². The lowest BCUT2D eigenvalue weighted by atomic mass is 10.2. The number of carbonyl (C=O) groups excluding carboxylic acids is 1. The maximum Gasteiger partial charge on any atom is 0.262 e. The third-order valence-corrected chi connectivity index (χ3v) is 6.04. The van der Waals surface area contributed by atoms with E-state index >= 15 is 0 Å². The molecule has 0 saturated heterocycles. The Morgan fingerprint density at radius 2 is 1.79 bits per heavy atom. The van der Waals surface area contributed by atoms with Gasteiger partial charge in [-0.1, -0.05) is 6.07 Å². The van der Waals surface area contributed by atoms with E-state index in [1.165, 1.54) is 25.3 Å². The van der Waals surface area contributed by atoms with Gasteiger partial charge < -0.3 is 19.5 Å². The molecule has 170 valence electrons. The summed E-state index contributed by atoms with van der Waals surface area (Å²) in [5.74, 6) is 0.515. The van der Waals surface area contributed by atoms with Crippen molar-refractivity contribution in [1.29, 1.82) is 0 Å². The highest BCUT2D eigenvalue weighted by atomic mass is 32.2. The zero-order valence-corrected chi connectivity index (χ0v) is 18.2. The number of fused-ring (bicyclic) bond motifs is 1. The summed E-state index contributed by atoms with van der Waals surface area (Å²) in [5, 5.41) is 2.67. The second kappa shape index (κ2) is 9.21. The van der Waals surface area contributed by atoms with Gasteiger partial charge in [-0.25, -0.2) is 12.8 Å². The molecule has 1 aliphatic heterocycles. The molecule has 8 nitrogen and oxygen atoms in total. The van der Waals surface area contributed by atoms with Gasteiger partial charge in [0.25, 0.3) is 10.0 Å². The zero-order chi connectivity index (χ0) is 23.4. The Morgan fingerprint density at radius 3 is 2.55 bits per heavy atom. The quantitative estimate of drug-likeness (QED) is 0.506. The lowest BCUT2D eigenvalue weighted by Gasteiger charge is -2.13. The first-order valence-electron chi connectivity index (χ1n) is 9.69. The first-order valence-corrected chi connectivity index (χ1v) is 11.2. The molecule has 2 N–H and O–H groups in total. The topological polar surface area (TPSA) is 103 Å². The summed E-state index contributed by atoms with van der Waals surface area (Å²) >= 11 is 0. The van der Waals surface area contributed by atoms with Gasteiger partial charge in [0.2, 0.25) is 12.7 Å². The molecule has 33 heavy (non-hydrogen) atoms. The predicted molar refractivity (Wildman–Crippen MR) is 120 cm³/mol. The summed E-state index contributed by atoms with van der Waals surface area (Å²) in [4.78, 5) is 12.2. The molecule has 0 atom stereocenters. The number of hydrogen-bond acceptors (Lipinski definition) is 6. The zero-order valence-electron chi connectivity index (χ0n) is 17.4. The molecule has 10 heteroatoms. The maximum atomic E-state index is 13.1. The molecule has 0 fully saturated rings. The van der Waals surface area contributed by atoms with Gasteiger partial charge in [-0.15, -0.1) is 0 Å². The number of benzene rings is 3. The third-order valence-electron chi connectivity index (χ3n) is 4.66. The Morgan fingerprint density at radius 1 is 1.03 bits per heavy atom. The molecule has 0 bridgehead atoms. The molecule has 0 aromatic heterocycles. The minimum Gasteiger partial charge on any atom is -0.495 e. The molecule has 1 heterocycles. The van der Waals surface area contributed by atoms with Crippen molar-refractivity contribution in [2.45, 2.75) is 4.90 Å². The molecule has 0 spiro atoms. The van der Waals surface area contributed by atoms with Crippen LogP contribution in [0.25, 0.3) is 6.08 Å². The van der Waals surface area contributed by atoms with Crippen LogP contribution in [0.15, 0.2) is 71.6 Å². The highest BCUT2D eigenvalue weighted by Gasteiger charge is 2.17. The van der Waals surface area contributed by atoms with Crippen LogP contribution in [0.5, 0.6) is 17.2 Å². The number of halogens is 1.